The van der Waals surface area contributed by atoms with Gasteiger partial charge in [0.15, 0.2) is 0 Å². The Hall–Kier alpha value is -2.29. The number of nitrogens with zero attached hydrogens (tertiary/aromatic N) is 6. The summed E-state index contributed by atoms with van der Waals surface area (Å²) in [6, 6.07) is 0.320. The molecule has 2 heterocycles. The van der Waals surface area contributed by atoms with E-state index < -0.39 is 0 Å². The SMILES string of the molecule is CC(Nc1nc(NN)nc(-n2cncn2)n1)C1CCC1. The lowest BCUT2D eigenvalue weighted by molar-refractivity contribution is 0.284. The first-order chi connectivity index (χ1) is 9.76. The first-order valence-corrected chi connectivity index (χ1v) is 6.60. The van der Waals surface area contributed by atoms with Gasteiger partial charge in [-0.2, -0.15) is 24.7 Å². The molecule has 1 aliphatic carbocycles. The van der Waals surface area contributed by atoms with Crippen LogP contribution in [0, 0.1) is 5.92 Å². The van der Waals surface area contributed by atoms with Crippen molar-refractivity contribution in [2.24, 2.45) is 11.8 Å². The van der Waals surface area contributed by atoms with Crippen LogP contribution in [0.2, 0.25) is 0 Å². The van der Waals surface area contributed by atoms with Crippen molar-refractivity contribution >= 4 is 11.9 Å². The minimum Gasteiger partial charge on any atom is -0.351 e. The summed E-state index contributed by atoms with van der Waals surface area (Å²) in [6.45, 7) is 2.14. The molecule has 1 saturated carbocycles. The number of hydrogen-bond acceptors (Lipinski definition) is 8. The fourth-order valence-electron chi connectivity index (χ4n) is 2.17. The van der Waals surface area contributed by atoms with Crippen molar-refractivity contribution in [3.05, 3.63) is 12.7 Å². The molecule has 0 spiro atoms. The summed E-state index contributed by atoms with van der Waals surface area (Å²) in [7, 11) is 0. The normalized spacial score (nSPS) is 16.5. The molecule has 1 atom stereocenters. The van der Waals surface area contributed by atoms with Gasteiger partial charge in [0.25, 0.3) is 5.95 Å². The Balaban J connectivity index is 1.84. The number of hydrogen-bond donors (Lipinski definition) is 3. The van der Waals surface area contributed by atoms with Crippen LogP contribution in [0.15, 0.2) is 12.7 Å². The molecule has 0 aliphatic heterocycles. The van der Waals surface area contributed by atoms with Crippen LogP contribution in [-0.2, 0) is 0 Å². The highest BCUT2D eigenvalue weighted by Gasteiger charge is 2.24. The van der Waals surface area contributed by atoms with Gasteiger partial charge in [0, 0.05) is 6.04 Å². The molecule has 2 aromatic heterocycles. The maximum atomic E-state index is 5.39. The smallest absolute Gasteiger partial charge is 0.258 e. The van der Waals surface area contributed by atoms with Crippen molar-refractivity contribution < 1.29 is 0 Å². The van der Waals surface area contributed by atoms with Crippen molar-refractivity contribution in [1.82, 2.24) is 29.7 Å². The van der Waals surface area contributed by atoms with Crippen LogP contribution in [0.5, 0.6) is 0 Å². The standard InChI is InChI=1S/C11H17N9/c1-7(8-3-2-4-8)15-9-16-10(19-12)18-11(17-9)20-6-13-5-14-20/h5-8H,2-4,12H2,1H3,(H2,15,16,17,18,19). The molecule has 0 saturated heterocycles. The number of nitrogen functional groups attached to an aromatic ring is 1. The minimum atomic E-state index is 0.286. The number of aromatic nitrogens is 6. The van der Waals surface area contributed by atoms with Gasteiger partial charge in [0.1, 0.15) is 12.7 Å². The lowest BCUT2D eigenvalue weighted by atomic mass is 9.80. The van der Waals surface area contributed by atoms with Gasteiger partial charge in [-0.3, -0.25) is 5.43 Å². The number of nitrogens with one attached hydrogen (secondary N) is 2. The van der Waals surface area contributed by atoms with Gasteiger partial charge in [-0.25, -0.2) is 10.8 Å². The molecule has 9 nitrogen and oxygen atoms in total. The molecule has 0 bridgehead atoms. The number of anilines is 2. The predicted molar refractivity (Wildman–Crippen MR) is 73.0 cm³/mol. The van der Waals surface area contributed by atoms with E-state index in [0.29, 0.717) is 23.9 Å². The number of hydrazine groups is 1. The molecular weight excluding hydrogens is 258 g/mol. The monoisotopic (exact) mass is 275 g/mol. The Morgan fingerprint density at radius 3 is 2.70 bits per heavy atom. The summed E-state index contributed by atoms with van der Waals surface area (Å²) in [5.41, 5.74) is 2.44. The van der Waals surface area contributed by atoms with Gasteiger partial charge >= 0.3 is 0 Å². The van der Waals surface area contributed by atoms with Crippen molar-refractivity contribution in [3.8, 4) is 5.95 Å². The van der Waals surface area contributed by atoms with E-state index in [1.54, 1.807) is 0 Å². The number of rotatable bonds is 5. The van der Waals surface area contributed by atoms with E-state index in [4.69, 9.17) is 5.84 Å². The highest BCUT2D eigenvalue weighted by Crippen LogP contribution is 2.30. The van der Waals surface area contributed by atoms with E-state index in [-0.39, 0.29) is 5.95 Å². The van der Waals surface area contributed by atoms with Crippen LogP contribution < -0.4 is 16.6 Å². The summed E-state index contributed by atoms with van der Waals surface area (Å²) in [5, 5.41) is 7.30. The molecule has 0 aromatic carbocycles. The molecule has 1 unspecified atom stereocenters. The van der Waals surface area contributed by atoms with Crippen LogP contribution in [0.3, 0.4) is 0 Å². The molecule has 20 heavy (non-hydrogen) atoms. The quantitative estimate of drug-likeness (QED) is 0.528. The Morgan fingerprint density at radius 1 is 1.30 bits per heavy atom. The van der Waals surface area contributed by atoms with Crippen molar-refractivity contribution in [2.75, 3.05) is 10.7 Å². The van der Waals surface area contributed by atoms with Crippen molar-refractivity contribution in [2.45, 2.75) is 32.2 Å². The van der Waals surface area contributed by atoms with Crippen LogP contribution in [0.4, 0.5) is 11.9 Å². The minimum absolute atomic E-state index is 0.286. The lowest BCUT2D eigenvalue weighted by Gasteiger charge is -2.31. The summed E-state index contributed by atoms with van der Waals surface area (Å²) in [5.74, 6) is 7.21. The van der Waals surface area contributed by atoms with Gasteiger partial charge in [-0.15, -0.1) is 0 Å². The van der Waals surface area contributed by atoms with E-state index in [0.717, 1.165) is 0 Å². The topological polar surface area (TPSA) is 119 Å². The van der Waals surface area contributed by atoms with Gasteiger partial charge < -0.3 is 5.32 Å². The lowest BCUT2D eigenvalue weighted by Crippen LogP contribution is -2.32. The molecule has 0 radical (unpaired) electrons. The Bertz CT molecular complexity index is 563. The zero-order chi connectivity index (χ0) is 13.9. The van der Waals surface area contributed by atoms with Crippen LogP contribution in [0.25, 0.3) is 5.95 Å². The Kier molecular flexibility index (Phi) is 3.42. The first kappa shape index (κ1) is 12.7. The van der Waals surface area contributed by atoms with Gasteiger partial charge in [0.2, 0.25) is 11.9 Å². The molecule has 1 fully saturated rings. The average molecular weight is 275 g/mol. The van der Waals surface area contributed by atoms with Gasteiger partial charge in [0.05, 0.1) is 0 Å². The molecular formula is C11H17N9. The van der Waals surface area contributed by atoms with E-state index in [9.17, 15) is 0 Å². The molecule has 1 aliphatic rings. The highest BCUT2D eigenvalue weighted by atomic mass is 15.4. The second-order valence-electron chi connectivity index (χ2n) is 4.89. The van der Waals surface area contributed by atoms with Gasteiger partial charge in [-0.05, 0) is 25.7 Å². The third kappa shape index (κ3) is 2.52. The molecule has 3 rings (SSSR count). The van der Waals surface area contributed by atoms with Gasteiger partial charge in [-0.1, -0.05) is 6.42 Å². The molecule has 9 heteroatoms. The average Bonchev–Trinajstić information content (AvgIpc) is 2.89. The van der Waals surface area contributed by atoms with Crippen molar-refractivity contribution in [3.63, 3.8) is 0 Å². The van der Waals surface area contributed by atoms with E-state index in [1.807, 2.05) is 0 Å². The van der Waals surface area contributed by atoms with Crippen LogP contribution in [0.1, 0.15) is 26.2 Å². The molecule has 2 aromatic rings. The Morgan fingerprint density at radius 2 is 2.10 bits per heavy atom. The zero-order valence-corrected chi connectivity index (χ0v) is 11.2. The van der Waals surface area contributed by atoms with E-state index >= 15 is 0 Å². The highest BCUT2D eigenvalue weighted by molar-refractivity contribution is 5.37. The maximum Gasteiger partial charge on any atom is 0.258 e. The van der Waals surface area contributed by atoms with E-state index in [2.05, 4.69) is 42.7 Å². The Labute approximate surface area is 116 Å². The fraction of sp³-hybridized carbons (Fsp3) is 0.545. The molecule has 4 N–H and O–H groups in total. The summed E-state index contributed by atoms with van der Waals surface area (Å²) in [4.78, 5) is 16.6. The third-order valence-corrected chi connectivity index (χ3v) is 3.59. The zero-order valence-electron chi connectivity index (χ0n) is 11.2. The second-order valence-corrected chi connectivity index (χ2v) is 4.89. The largest absolute Gasteiger partial charge is 0.351 e. The van der Waals surface area contributed by atoms with Crippen LogP contribution >= 0.6 is 0 Å². The van der Waals surface area contributed by atoms with Crippen molar-refractivity contribution in [1.29, 1.82) is 0 Å². The first-order valence-electron chi connectivity index (χ1n) is 6.60. The maximum absolute atomic E-state index is 5.39. The summed E-state index contributed by atoms with van der Waals surface area (Å²) < 4.78 is 1.46. The summed E-state index contributed by atoms with van der Waals surface area (Å²) >= 11 is 0. The van der Waals surface area contributed by atoms with Crippen LogP contribution in [-0.4, -0.2) is 35.8 Å². The fourth-order valence-corrected chi connectivity index (χ4v) is 2.17. The summed E-state index contributed by atoms with van der Waals surface area (Å²) in [6.07, 6.45) is 6.74. The third-order valence-electron chi connectivity index (χ3n) is 3.59. The second kappa shape index (κ2) is 5.37. The molecule has 0 amide bonds. The van der Waals surface area contributed by atoms with E-state index in [1.165, 1.54) is 36.6 Å². The molecule has 106 valence electrons. The number of nitrogens with two attached hydrogens (primary N) is 1. The predicted octanol–water partition coefficient (Wildman–Crippen LogP) is 0.338.